The van der Waals surface area contributed by atoms with Crippen molar-refractivity contribution in [1.29, 1.82) is 0 Å². The van der Waals surface area contributed by atoms with Gasteiger partial charge >= 0.3 is 0 Å². The fraction of sp³-hybridized carbons (Fsp3) is 0.182. The summed E-state index contributed by atoms with van der Waals surface area (Å²) in [4.78, 5) is 0. The van der Waals surface area contributed by atoms with Crippen LogP contribution in [-0.2, 0) is 5.75 Å². The Bertz CT molecular complexity index is 481. The first-order chi connectivity index (χ1) is 7.22. The van der Waals surface area contributed by atoms with E-state index in [1.54, 1.807) is 12.1 Å². The van der Waals surface area contributed by atoms with Gasteiger partial charge in [0.05, 0.1) is 5.69 Å². The summed E-state index contributed by atoms with van der Waals surface area (Å²) in [5.41, 5.74) is 2.40. The largest absolute Gasteiger partial charge is 0.356 e. The van der Waals surface area contributed by atoms with Crippen LogP contribution in [-0.4, -0.2) is 5.16 Å². The molecule has 1 aromatic heterocycles. The average molecular weight is 223 g/mol. The Labute approximate surface area is 92.5 Å². The van der Waals surface area contributed by atoms with Gasteiger partial charge in [0, 0.05) is 16.9 Å². The van der Waals surface area contributed by atoms with Crippen molar-refractivity contribution in [3.05, 3.63) is 41.3 Å². The van der Waals surface area contributed by atoms with Crippen molar-refractivity contribution >= 4 is 12.6 Å². The smallest absolute Gasteiger partial charge is 0.170 e. The highest BCUT2D eigenvalue weighted by atomic mass is 32.1. The first kappa shape index (κ1) is 10.2. The molecule has 0 spiro atoms. The van der Waals surface area contributed by atoms with Crippen molar-refractivity contribution in [3.8, 4) is 11.3 Å². The quantitative estimate of drug-likeness (QED) is 0.791. The number of rotatable bonds is 2. The maximum atomic E-state index is 13.0. The highest BCUT2D eigenvalue weighted by Gasteiger charge is 2.12. The average Bonchev–Trinajstić information content (AvgIpc) is 2.59. The van der Waals surface area contributed by atoms with E-state index in [0.29, 0.717) is 17.1 Å². The zero-order valence-corrected chi connectivity index (χ0v) is 9.09. The zero-order valence-electron chi connectivity index (χ0n) is 8.20. The van der Waals surface area contributed by atoms with E-state index in [2.05, 4.69) is 17.8 Å². The second kappa shape index (κ2) is 4.06. The first-order valence-corrected chi connectivity index (χ1v) is 5.17. The van der Waals surface area contributed by atoms with Gasteiger partial charge in [-0.2, -0.15) is 12.6 Å². The van der Waals surface area contributed by atoms with Crippen molar-refractivity contribution in [1.82, 2.24) is 5.16 Å². The van der Waals surface area contributed by atoms with Crippen LogP contribution >= 0.6 is 12.6 Å². The number of hydrogen-bond donors (Lipinski definition) is 1. The summed E-state index contributed by atoms with van der Waals surface area (Å²) >= 11 is 4.13. The third kappa shape index (κ3) is 1.90. The van der Waals surface area contributed by atoms with Crippen molar-refractivity contribution in [2.75, 3.05) is 0 Å². The van der Waals surface area contributed by atoms with E-state index < -0.39 is 0 Å². The molecule has 0 aliphatic carbocycles. The van der Waals surface area contributed by atoms with Crippen LogP contribution in [0.15, 0.2) is 28.8 Å². The lowest BCUT2D eigenvalue weighted by Crippen LogP contribution is -1.83. The van der Waals surface area contributed by atoms with Crippen LogP contribution < -0.4 is 0 Å². The van der Waals surface area contributed by atoms with Gasteiger partial charge in [-0.05, 0) is 19.1 Å². The van der Waals surface area contributed by atoms with Crippen LogP contribution in [0.2, 0.25) is 0 Å². The summed E-state index contributed by atoms with van der Waals surface area (Å²) in [6.45, 7) is 1.89. The summed E-state index contributed by atoms with van der Waals surface area (Å²) in [6.07, 6.45) is 0. The van der Waals surface area contributed by atoms with Gasteiger partial charge in [0.15, 0.2) is 5.76 Å². The fourth-order valence-electron chi connectivity index (χ4n) is 1.42. The van der Waals surface area contributed by atoms with Crippen molar-refractivity contribution in [2.45, 2.75) is 12.7 Å². The summed E-state index contributed by atoms with van der Waals surface area (Å²) in [5, 5.41) is 3.87. The van der Waals surface area contributed by atoms with E-state index in [1.165, 1.54) is 12.1 Å². The lowest BCUT2D eigenvalue weighted by Gasteiger charge is -1.97. The molecule has 0 atom stereocenters. The lowest BCUT2D eigenvalue weighted by molar-refractivity contribution is 0.426. The summed E-state index contributed by atoms with van der Waals surface area (Å²) in [5.74, 6) is 0.847. The van der Waals surface area contributed by atoms with Crippen LogP contribution in [0.4, 0.5) is 4.39 Å². The van der Waals surface area contributed by atoms with E-state index in [0.717, 1.165) is 11.3 Å². The van der Waals surface area contributed by atoms with Gasteiger partial charge in [0.25, 0.3) is 0 Å². The molecule has 78 valence electrons. The second-order valence-electron chi connectivity index (χ2n) is 3.25. The van der Waals surface area contributed by atoms with Crippen LogP contribution in [0.3, 0.4) is 0 Å². The molecule has 0 bridgehead atoms. The highest BCUT2D eigenvalue weighted by Crippen LogP contribution is 2.26. The van der Waals surface area contributed by atoms with Crippen LogP contribution in [0, 0.1) is 12.7 Å². The molecule has 1 heterocycles. The molecule has 4 heteroatoms. The minimum atomic E-state index is -0.282. The Balaban J connectivity index is 2.49. The van der Waals surface area contributed by atoms with Gasteiger partial charge in [-0.15, -0.1) is 0 Å². The SMILES string of the molecule is Cc1c(CS)noc1-c1cccc(F)c1. The summed E-state index contributed by atoms with van der Waals surface area (Å²) < 4.78 is 18.2. The van der Waals surface area contributed by atoms with Gasteiger partial charge < -0.3 is 4.52 Å². The molecular weight excluding hydrogens is 213 g/mol. The van der Waals surface area contributed by atoms with Crippen molar-refractivity contribution in [3.63, 3.8) is 0 Å². The molecule has 0 unspecified atom stereocenters. The molecule has 0 amide bonds. The van der Waals surface area contributed by atoms with E-state index >= 15 is 0 Å². The van der Waals surface area contributed by atoms with E-state index in [1.807, 2.05) is 6.92 Å². The third-order valence-corrected chi connectivity index (χ3v) is 2.56. The molecule has 0 fully saturated rings. The summed E-state index contributed by atoms with van der Waals surface area (Å²) in [7, 11) is 0. The number of hydrogen-bond acceptors (Lipinski definition) is 3. The number of thiol groups is 1. The maximum Gasteiger partial charge on any atom is 0.170 e. The molecular formula is C11H10FNOS. The van der Waals surface area contributed by atoms with E-state index in [9.17, 15) is 4.39 Å². The lowest BCUT2D eigenvalue weighted by atomic mass is 10.1. The van der Waals surface area contributed by atoms with Gasteiger partial charge in [-0.25, -0.2) is 4.39 Å². The monoisotopic (exact) mass is 223 g/mol. The Morgan fingerprint density at radius 1 is 1.47 bits per heavy atom. The number of halogens is 1. The van der Waals surface area contributed by atoms with Gasteiger partial charge in [-0.3, -0.25) is 0 Å². The molecule has 15 heavy (non-hydrogen) atoms. The highest BCUT2D eigenvalue weighted by molar-refractivity contribution is 7.79. The van der Waals surface area contributed by atoms with Gasteiger partial charge in [-0.1, -0.05) is 17.3 Å². The van der Waals surface area contributed by atoms with Gasteiger partial charge in [0.2, 0.25) is 0 Å². The van der Waals surface area contributed by atoms with Crippen LogP contribution in [0.5, 0.6) is 0 Å². The molecule has 0 radical (unpaired) electrons. The van der Waals surface area contributed by atoms with E-state index in [4.69, 9.17) is 4.52 Å². The Morgan fingerprint density at radius 2 is 2.27 bits per heavy atom. The number of nitrogens with zero attached hydrogens (tertiary/aromatic N) is 1. The zero-order chi connectivity index (χ0) is 10.8. The fourth-order valence-corrected chi connectivity index (χ4v) is 1.71. The predicted molar refractivity (Wildman–Crippen MR) is 59.3 cm³/mol. The molecule has 0 saturated carbocycles. The third-order valence-electron chi connectivity index (χ3n) is 2.26. The molecule has 2 nitrogen and oxygen atoms in total. The maximum absolute atomic E-state index is 13.0. The molecule has 2 rings (SSSR count). The van der Waals surface area contributed by atoms with Crippen LogP contribution in [0.1, 0.15) is 11.3 Å². The Morgan fingerprint density at radius 3 is 2.87 bits per heavy atom. The molecule has 0 N–H and O–H groups in total. The molecule has 1 aromatic carbocycles. The Kier molecular flexibility index (Phi) is 2.77. The molecule has 2 aromatic rings. The topological polar surface area (TPSA) is 26.0 Å². The minimum absolute atomic E-state index is 0.282. The van der Waals surface area contributed by atoms with Crippen molar-refractivity contribution < 1.29 is 8.91 Å². The first-order valence-electron chi connectivity index (χ1n) is 4.54. The number of aromatic nitrogens is 1. The van der Waals surface area contributed by atoms with Crippen LogP contribution in [0.25, 0.3) is 11.3 Å². The molecule has 0 aliphatic rings. The Hall–Kier alpha value is -1.29. The standard InChI is InChI=1S/C11H10FNOS/c1-7-10(6-15)13-14-11(7)8-3-2-4-9(12)5-8/h2-5,15H,6H2,1H3. The predicted octanol–water partition coefficient (Wildman–Crippen LogP) is 3.22. The number of benzene rings is 1. The molecule has 0 saturated heterocycles. The van der Waals surface area contributed by atoms with Crippen molar-refractivity contribution in [2.24, 2.45) is 0 Å². The van der Waals surface area contributed by atoms with Gasteiger partial charge in [0.1, 0.15) is 5.82 Å². The second-order valence-corrected chi connectivity index (χ2v) is 3.57. The summed E-state index contributed by atoms with van der Waals surface area (Å²) in [6, 6.07) is 6.26. The molecule has 0 aliphatic heterocycles. The minimum Gasteiger partial charge on any atom is -0.356 e. The normalized spacial score (nSPS) is 10.6. The van der Waals surface area contributed by atoms with E-state index in [-0.39, 0.29) is 5.82 Å².